The lowest BCUT2D eigenvalue weighted by Gasteiger charge is -2.29. The molecule has 0 saturated carbocycles. The number of rotatable bonds is 8. The fraction of sp³-hybridized carbons (Fsp3) is 0.333. The molecule has 0 bridgehead atoms. The van der Waals surface area contributed by atoms with E-state index in [2.05, 4.69) is 5.32 Å². The fourth-order valence-corrected chi connectivity index (χ4v) is 3.00. The first kappa shape index (κ1) is 20.0. The number of nitrogens with one attached hydrogen (secondary N) is 1. The molecule has 1 unspecified atom stereocenters. The summed E-state index contributed by atoms with van der Waals surface area (Å²) < 4.78 is 0. The van der Waals surface area contributed by atoms with Crippen molar-refractivity contribution < 1.29 is 9.59 Å². The standard InChI is InChI=1S/C21H25ClN2O2/c1-3-23-21(26)16(2)24(15-17-9-5-4-6-10-17)20(25)14-13-18-11-7-8-12-19(18)22/h4-12,16H,3,13-15H2,1-2H3,(H,23,26). The van der Waals surface area contributed by atoms with Crippen LogP contribution in [0.3, 0.4) is 0 Å². The summed E-state index contributed by atoms with van der Waals surface area (Å²) in [6, 6.07) is 16.7. The fourth-order valence-electron chi connectivity index (χ4n) is 2.77. The molecule has 0 aliphatic rings. The Morgan fingerprint density at radius 1 is 1.08 bits per heavy atom. The van der Waals surface area contributed by atoms with Crippen LogP contribution in [0.15, 0.2) is 54.6 Å². The van der Waals surface area contributed by atoms with Crippen LogP contribution in [0.1, 0.15) is 31.4 Å². The lowest BCUT2D eigenvalue weighted by Crippen LogP contribution is -2.47. The third-order valence-electron chi connectivity index (χ3n) is 4.28. The zero-order chi connectivity index (χ0) is 18.9. The summed E-state index contributed by atoms with van der Waals surface area (Å²) in [4.78, 5) is 26.8. The summed E-state index contributed by atoms with van der Waals surface area (Å²) >= 11 is 6.18. The van der Waals surface area contributed by atoms with Crippen molar-refractivity contribution in [3.8, 4) is 0 Å². The maximum absolute atomic E-state index is 12.9. The lowest BCUT2D eigenvalue weighted by atomic mass is 10.1. The normalized spacial score (nSPS) is 11.7. The Kier molecular flexibility index (Phi) is 7.67. The van der Waals surface area contributed by atoms with Crippen LogP contribution in [0.5, 0.6) is 0 Å². The number of amides is 2. The maximum Gasteiger partial charge on any atom is 0.242 e. The average molecular weight is 373 g/mol. The lowest BCUT2D eigenvalue weighted by molar-refractivity contribution is -0.140. The molecule has 2 rings (SSSR count). The molecule has 0 heterocycles. The van der Waals surface area contributed by atoms with Gasteiger partial charge < -0.3 is 10.2 Å². The van der Waals surface area contributed by atoms with Crippen LogP contribution in [-0.4, -0.2) is 29.3 Å². The van der Waals surface area contributed by atoms with Crippen LogP contribution in [0.4, 0.5) is 0 Å². The molecule has 0 aromatic heterocycles. The zero-order valence-corrected chi connectivity index (χ0v) is 16.0. The van der Waals surface area contributed by atoms with E-state index in [1.54, 1.807) is 11.8 Å². The molecule has 2 aromatic rings. The van der Waals surface area contributed by atoms with Gasteiger partial charge in [-0.25, -0.2) is 0 Å². The van der Waals surface area contributed by atoms with Crippen LogP contribution < -0.4 is 5.32 Å². The number of carbonyl (C=O) groups is 2. The van der Waals surface area contributed by atoms with Gasteiger partial charge in [0.15, 0.2) is 0 Å². The minimum atomic E-state index is -0.533. The summed E-state index contributed by atoms with van der Waals surface area (Å²) in [5, 5.41) is 3.45. The molecule has 26 heavy (non-hydrogen) atoms. The topological polar surface area (TPSA) is 49.4 Å². The molecular formula is C21H25ClN2O2. The van der Waals surface area contributed by atoms with Crippen LogP contribution in [0, 0.1) is 0 Å². The molecule has 4 nitrogen and oxygen atoms in total. The summed E-state index contributed by atoms with van der Waals surface area (Å²) in [5.41, 5.74) is 1.93. The Hall–Kier alpha value is -2.33. The van der Waals surface area contributed by atoms with Crippen LogP contribution in [0.2, 0.25) is 5.02 Å². The molecule has 0 spiro atoms. The molecule has 0 fully saturated rings. The minimum Gasteiger partial charge on any atom is -0.355 e. The van der Waals surface area contributed by atoms with Gasteiger partial charge in [0, 0.05) is 24.5 Å². The predicted molar refractivity (Wildman–Crippen MR) is 105 cm³/mol. The Balaban J connectivity index is 2.12. The first-order chi connectivity index (χ1) is 12.5. The maximum atomic E-state index is 12.9. The molecule has 5 heteroatoms. The van der Waals surface area contributed by atoms with E-state index in [4.69, 9.17) is 11.6 Å². The second-order valence-corrected chi connectivity index (χ2v) is 6.58. The molecule has 0 aliphatic carbocycles. The van der Waals surface area contributed by atoms with Gasteiger partial charge in [-0.2, -0.15) is 0 Å². The summed E-state index contributed by atoms with van der Waals surface area (Å²) in [7, 11) is 0. The number of nitrogens with zero attached hydrogens (tertiary/aromatic N) is 1. The first-order valence-electron chi connectivity index (χ1n) is 8.87. The van der Waals surface area contributed by atoms with E-state index in [1.807, 2.05) is 61.5 Å². The van der Waals surface area contributed by atoms with Crippen molar-refractivity contribution >= 4 is 23.4 Å². The zero-order valence-electron chi connectivity index (χ0n) is 15.2. The Bertz CT molecular complexity index is 734. The molecular weight excluding hydrogens is 348 g/mol. The van der Waals surface area contributed by atoms with Gasteiger partial charge >= 0.3 is 0 Å². The number of hydrogen-bond donors (Lipinski definition) is 1. The van der Waals surface area contributed by atoms with E-state index in [-0.39, 0.29) is 11.8 Å². The van der Waals surface area contributed by atoms with Crippen molar-refractivity contribution in [3.05, 3.63) is 70.7 Å². The number of halogens is 1. The van der Waals surface area contributed by atoms with Crippen molar-refractivity contribution in [1.29, 1.82) is 0 Å². The molecule has 2 amide bonds. The summed E-state index contributed by atoms with van der Waals surface area (Å²) in [5.74, 6) is -0.206. The minimum absolute atomic E-state index is 0.0625. The highest BCUT2D eigenvalue weighted by atomic mass is 35.5. The van der Waals surface area contributed by atoms with Gasteiger partial charge in [0.1, 0.15) is 6.04 Å². The Morgan fingerprint density at radius 2 is 1.73 bits per heavy atom. The van der Waals surface area contributed by atoms with E-state index in [0.717, 1.165) is 11.1 Å². The van der Waals surface area contributed by atoms with E-state index < -0.39 is 6.04 Å². The molecule has 0 radical (unpaired) electrons. The number of hydrogen-bond acceptors (Lipinski definition) is 2. The van der Waals surface area contributed by atoms with Crippen LogP contribution in [-0.2, 0) is 22.6 Å². The third-order valence-corrected chi connectivity index (χ3v) is 4.65. The van der Waals surface area contributed by atoms with Crippen LogP contribution >= 0.6 is 11.6 Å². The highest BCUT2D eigenvalue weighted by Gasteiger charge is 2.25. The molecule has 1 N–H and O–H groups in total. The molecule has 0 aliphatic heterocycles. The summed E-state index contributed by atoms with van der Waals surface area (Å²) in [6.07, 6.45) is 0.853. The van der Waals surface area contributed by atoms with E-state index in [9.17, 15) is 9.59 Å². The first-order valence-corrected chi connectivity index (χ1v) is 9.25. The highest BCUT2D eigenvalue weighted by Crippen LogP contribution is 2.18. The number of carbonyl (C=O) groups excluding carboxylic acids is 2. The van der Waals surface area contributed by atoms with E-state index in [0.29, 0.717) is 31.0 Å². The van der Waals surface area contributed by atoms with E-state index >= 15 is 0 Å². The van der Waals surface area contributed by atoms with Gasteiger partial charge in [-0.3, -0.25) is 9.59 Å². The van der Waals surface area contributed by atoms with Gasteiger partial charge in [0.2, 0.25) is 11.8 Å². The van der Waals surface area contributed by atoms with Gasteiger partial charge in [-0.1, -0.05) is 60.1 Å². The Labute approximate surface area is 160 Å². The van der Waals surface area contributed by atoms with Gasteiger partial charge in [0.25, 0.3) is 0 Å². The summed E-state index contributed by atoms with van der Waals surface area (Å²) in [6.45, 7) is 4.57. The number of likely N-dealkylation sites (N-methyl/N-ethyl adjacent to an activating group) is 1. The largest absolute Gasteiger partial charge is 0.355 e. The molecule has 138 valence electrons. The van der Waals surface area contributed by atoms with E-state index in [1.165, 1.54) is 0 Å². The van der Waals surface area contributed by atoms with Crippen molar-refractivity contribution in [2.45, 2.75) is 39.3 Å². The predicted octanol–water partition coefficient (Wildman–Crippen LogP) is 3.83. The van der Waals surface area contributed by atoms with Crippen molar-refractivity contribution in [2.75, 3.05) is 6.54 Å². The van der Waals surface area contributed by atoms with Crippen molar-refractivity contribution in [2.24, 2.45) is 0 Å². The number of aryl methyl sites for hydroxylation is 1. The van der Waals surface area contributed by atoms with Crippen molar-refractivity contribution in [1.82, 2.24) is 10.2 Å². The molecule has 0 saturated heterocycles. The Morgan fingerprint density at radius 3 is 2.38 bits per heavy atom. The van der Waals surface area contributed by atoms with Gasteiger partial charge in [-0.05, 0) is 37.5 Å². The highest BCUT2D eigenvalue weighted by molar-refractivity contribution is 6.31. The SMILES string of the molecule is CCNC(=O)C(C)N(Cc1ccccc1)C(=O)CCc1ccccc1Cl. The number of benzene rings is 2. The van der Waals surface area contributed by atoms with Gasteiger partial charge in [-0.15, -0.1) is 0 Å². The molecule has 1 atom stereocenters. The van der Waals surface area contributed by atoms with Crippen molar-refractivity contribution in [3.63, 3.8) is 0 Å². The van der Waals surface area contributed by atoms with Crippen LogP contribution in [0.25, 0.3) is 0 Å². The monoisotopic (exact) mass is 372 g/mol. The quantitative estimate of drug-likeness (QED) is 0.765. The molecule has 2 aromatic carbocycles. The van der Waals surface area contributed by atoms with Gasteiger partial charge in [0.05, 0.1) is 0 Å². The third kappa shape index (κ3) is 5.60. The second-order valence-electron chi connectivity index (χ2n) is 6.17. The smallest absolute Gasteiger partial charge is 0.242 e. The second kappa shape index (κ2) is 9.97. The average Bonchev–Trinajstić information content (AvgIpc) is 2.65.